The Bertz CT molecular complexity index is 286. The quantitative estimate of drug-likeness (QED) is 0.547. The molecule has 1 fully saturated rings. The van der Waals surface area contributed by atoms with Gasteiger partial charge >= 0.3 is 5.97 Å². The van der Waals surface area contributed by atoms with Crippen molar-refractivity contribution in [2.45, 2.75) is 38.7 Å². The van der Waals surface area contributed by atoms with E-state index < -0.39 is 6.10 Å². The van der Waals surface area contributed by atoms with Crippen LogP contribution < -0.4 is 0 Å². The van der Waals surface area contributed by atoms with E-state index in [1.165, 1.54) is 0 Å². The van der Waals surface area contributed by atoms with Crippen molar-refractivity contribution in [3.63, 3.8) is 0 Å². The monoisotopic (exact) mass is 238 g/mol. The molecule has 96 valence electrons. The van der Waals surface area contributed by atoms with E-state index >= 15 is 0 Å². The van der Waals surface area contributed by atoms with Crippen LogP contribution in [0.2, 0.25) is 0 Å². The first kappa shape index (κ1) is 14.0. The Balaban J connectivity index is 2.52. The van der Waals surface area contributed by atoms with E-state index in [0.29, 0.717) is 13.0 Å². The largest absolute Gasteiger partial charge is 0.466 e. The van der Waals surface area contributed by atoms with Crippen LogP contribution in [0.3, 0.4) is 0 Å². The minimum Gasteiger partial charge on any atom is -0.466 e. The van der Waals surface area contributed by atoms with Gasteiger partial charge in [-0.2, -0.15) is 0 Å². The van der Waals surface area contributed by atoms with Gasteiger partial charge in [0.2, 0.25) is 0 Å². The second-order valence-electron chi connectivity index (χ2n) is 4.77. The molecule has 3 nitrogen and oxygen atoms in total. The number of allylic oxidation sites excluding steroid dienone is 2. The summed E-state index contributed by atoms with van der Waals surface area (Å²) in [5, 5.41) is 10.2. The number of hydrogen-bond acceptors (Lipinski definition) is 3. The van der Waals surface area contributed by atoms with Gasteiger partial charge in [-0.1, -0.05) is 12.2 Å². The summed E-state index contributed by atoms with van der Waals surface area (Å²) < 4.78 is 4.89. The number of aliphatic hydroxyl groups is 1. The van der Waals surface area contributed by atoms with Crippen molar-refractivity contribution < 1.29 is 14.6 Å². The molecule has 0 heterocycles. The van der Waals surface area contributed by atoms with E-state index in [1.807, 2.05) is 12.2 Å². The number of rotatable bonds is 7. The Labute approximate surface area is 103 Å². The lowest BCUT2D eigenvalue weighted by atomic mass is 9.55. The van der Waals surface area contributed by atoms with Crippen molar-refractivity contribution in [1.82, 2.24) is 0 Å². The fraction of sp³-hybridized carbons (Fsp3) is 0.643. The minimum absolute atomic E-state index is 0.0222. The van der Waals surface area contributed by atoms with Gasteiger partial charge in [0.25, 0.3) is 0 Å². The lowest BCUT2D eigenvalue weighted by Crippen LogP contribution is -2.52. The third-order valence-electron chi connectivity index (χ3n) is 3.58. The zero-order valence-corrected chi connectivity index (χ0v) is 10.5. The molecular formula is C14H22O3. The predicted octanol–water partition coefficient (Wildman–Crippen LogP) is 2.46. The van der Waals surface area contributed by atoms with Crippen LogP contribution in [0.5, 0.6) is 0 Å². The number of carbonyl (C=O) groups excluding carboxylic acids is 1. The summed E-state index contributed by atoms with van der Waals surface area (Å²) in [7, 11) is 0. The van der Waals surface area contributed by atoms with Gasteiger partial charge in [-0.05, 0) is 32.1 Å². The molecule has 17 heavy (non-hydrogen) atoms. The molecule has 0 amide bonds. The van der Waals surface area contributed by atoms with Crippen LogP contribution in [-0.4, -0.2) is 23.8 Å². The normalized spacial score (nSPS) is 25.8. The number of ether oxygens (including phenoxy) is 1. The van der Waals surface area contributed by atoms with Crippen LogP contribution in [0.4, 0.5) is 0 Å². The molecule has 2 atom stereocenters. The van der Waals surface area contributed by atoms with E-state index in [-0.39, 0.29) is 17.3 Å². The van der Waals surface area contributed by atoms with Gasteiger partial charge in [0.15, 0.2) is 0 Å². The lowest BCUT2D eigenvalue weighted by molar-refractivity contribution is -0.157. The SMILES string of the molecule is C=CCC1(CC=C)C[C@H](CC(=O)OCC)[C@H]1O. The average molecular weight is 238 g/mol. The molecule has 0 unspecified atom stereocenters. The first-order valence-corrected chi connectivity index (χ1v) is 6.15. The fourth-order valence-electron chi connectivity index (χ4n) is 2.78. The Morgan fingerprint density at radius 1 is 1.47 bits per heavy atom. The molecular weight excluding hydrogens is 216 g/mol. The molecule has 0 saturated heterocycles. The average Bonchev–Trinajstić information content (AvgIpc) is 2.29. The molecule has 0 aliphatic heterocycles. The second kappa shape index (κ2) is 6.01. The molecule has 0 bridgehead atoms. The number of hydrogen-bond donors (Lipinski definition) is 1. The molecule has 1 aliphatic rings. The summed E-state index contributed by atoms with van der Waals surface area (Å²) >= 11 is 0. The smallest absolute Gasteiger partial charge is 0.306 e. The third-order valence-corrected chi connectivity index (χ3v) is 3.58. The number of carbonyl (C=O) groups is 1. The first-order chi connectivity index (χ1) is 8.09. The van der Waals surface area contributed by atoms with E-state index in [2.05, 4.69) is 13.2 Å². The van der Waals surface area contributed by atoms with Gasteiger partial charge in [-0.3, -0.25) is 4.79 Å². The van der Waals surface area contributed by atoms with Gasteiger partial charge in [0.1, 0.15) is 0 Å². The molecule has 0 aromatic heterocycles. The highest BCUT2D eigenvalue weighted by Crippen LogP contribution is 2.52. The molecule has 0 spiro atoms. The zero-order chi connectivity index (χ0) is 12.9. The van der Waals surface area contributed by atoms with Gasteiger partial charge in [0, 0.05) is 5.41 Å². The second-order valence-corrected chi connectivity index (χ2v) is 4.77. The fourth-order valence-corrected chi connectivity index (χ4v) is 2.78. The summed E-state index contributed by atoms with van der Waals surface area (Å²) in [6, 6.07) is 0. The molecule has 1 saturated carbocycles. The molecule has 3 heteroatoms. The van der Waals surface area contributed by atoms with Gasteiger partial charge < -0.3 is 9.84 Å². The maximum Gasteiger partial charge on any atom is 0.306 e. The van der Waals surface area contributed by atoms with E-state index in [4.69, 9.17) is 4.74 Å². The molecule has 1 N–H and O–H groups in total. The lowest BCUT2D eigenvalue weighted by Gasteiger charge is -2.52. The van der Waals surface area contributed by atoms with Crippen LogP contribution in [0.1, 0.15) is 32.6 Å². The maximum atomic E-state index is 11.3. The van der Waals surface area contributed by atoms with Gasteiger partial charge in [-0.15, -0.1) is 13.2 Å². The Hall–Kier alpha value is -1.09. The summed E-state index contributed by atoms with van der Waals surface area (Å²) in [5.41, 5.74) is -0.152. The standard InChI is InChI=1S/C14H22O3/c1-4-7-14(8-5-2)10-11(13(14)16)9-12(15)17-6-3/h4-5,11,13,16H,1-2,6-10H2,3H3/t11-,13+/m0/s1. The summed E-state index contributed by atoms with van der Waals surface area (Å²) in [4.78, 5) is 11.3. The van der Waals surface area contributed by atoms with Crippen molar-refractivity contribution in [1.29, 1.82) is 0 Å². The van der Waals surface area contributed by atoms with Crippen LogP contribution in [0, 0.1) is 11.3 Å². The molecule has 0 aromatic carbocycles. The molecule has 0 radical (unpaired) electrons. The molecule has 1 aliphatic carbocycles. The Morgan fingerprint density at radius 3 is 2.47 bits per heavy atom. The Kier molecular flexibility index (Phi) is 4.94. The van der Waals surface area contributed by atoms with E-state index in [1.54, 1.807) is 6.92 Å². The predicted molar refractivity (Wildman–Crippen MR) is 67.4 cm³/mol. The number of aliphatic hydroxyl groups excluding tert-OH is 1. The van der Waals surface area contributed by atoms with Gasteiger partial charge in [-0.25, -0.2) is 0 Å². The maximum absolute atomic E-state index is 11.3. The summed E-state index contributed by atoms with van der Waals surface area (Å²) in [6.45, 7) is 9.63. The van der Waals surface area contributed by atoms with E-state index in [9.17, 15) is 9.90 Å². The van der Waals surface area contributed by atoms with Crippen LogP contribution >= 0.6 is 0 Å². The van der Waals surface area contributed by atoms with Crippen LogP contribution in [-0.2, 0) is 9.53 Å². The highest BCUT2D eigenvalue weighted by Gasteiger charge is 2.51. The minimum atomic E-state index is -0.456. The van der Waals surface area contributed by atoms with Crippen LogP contribution in [0.15, 0.2) is 25.3 Å². The van der Waals surface area contributed by atoms with Crippen molar-refractivity contribution in [2.24, 2.45) is 11.3 Å². The molecule has 1 rings (SSSR count). The van der Waals surface area contributed by atoms with Gasteiger partial charge in [0.05, 0.1) is 19.1 Å². The topological polar surface area (TPSA) is 46.5 Å². The van der Waals surface area contributed by atoms with E-state index in [0.717, 1.165) is 19.3 Å². The summed E-state index contributed by atoms with van der Waals surface area (Å²) in [6.07, 6.45) is 5.87. The summed E-state index contributed by atoms with van der Waals surface area (Å²) in [5.74, 6) is -0.198. The third kappa shape index (κ3) is 2.97. The van der Waals surface area contributed by atoms with Crippen molar-refractivity contribution in [3.05, 3.63) is 25.3 Å². The van der Waals surface area contributed by atoms with Crippen LogP contribution in [0.25, 0.3) is 0 Å². The highest BCUT2D eigenvalue weighted by atomic mass is 16.5. The van der Waals surface area contributed by atoms with Crippen molar-refractivity contribution >= 4 is 5.97 Å². The van der Waals surface area contributed by atoms with Crippen molar-refractivity contribution in [2.75, 3.05) is 6.61 Å². The molecule has 0 aromatic rings. The first-order valence-electron chi connectivity index (χ1n) is 6.15. The highest BCUT2D eigenvalue weighted by molar-refractivity contribution is 5.70. The number of esters is 1. The zero-order valence-electron chi connectivity index (χ0n) is 10.5. The van der Waals surface area contributed by atoms with Crippen molar-refractivity contribution in [3.8, 4) is 0 Å². The Morgan fingerprint density at radius 2 is 2.06 bits per heavy atom.